The Hall–Kier alpha value is -4.03. The fourth-order valence-electron chi connectivity index (χ4n) is 8.41. The summed E-state index contributed by atoms with van der Waals surface area (Å²) in [6.07, 6.45) is 7.16. The minimum absolute atomic E-state index is 0.121. The number of ether oxygens (including phenoxy) is 2. The third-order valence-electron chi connectivity index (χ3n) is 10.9. The molecule has 0 radical (unpaired) electrons. The zero-order valence-electron chi connectivity index (χ0n) is 30.1. The summed E-state index contributed by atoms with van der Waals surface area (Å²) in [7, 11) is -2.33. The van der Waals surface area contributed by atoms with Gasteiger partial charge in [0.1, 0.15) is 12.4 Å². The van der Waals surface area contributed by atoms with Gasteiger partial charge in [-0.2, -0.15) is 4.98 Å². The van der Waals surface area contributed by atoms with Crippen molar-refractivity contribution in [1.82, 2.24) is 25.1 Å². The Labute approximate surface area is 302 Å². The normalized spacial score (nSPS) is 19.3. The molecule has 1 N–H and O–H groups in total. The molecule has 3 aliphatic heterocycles. The van der Waals surface area contributed by atoms with Crippen LogP contribution in [0.3, 0.4) is 0 Å². The van der Waals surface area contributed by atoms with E-state index in [0.29, 0.717) is 40.4 Å². The summed E-state index contributed by atoms with van der Waals surface area (Å²) in [5, 5.41) is 3.56. The first-order valence-corrected chi connectivity index (χ1v) is 19.7. The van der Waals surface area contributed by atoms with Gasteiger partial charge in [0, 0.05) is 44.5 Å². The van der Waals surface area contributed by atoms with Crippen LogP contribution in [0.25, 0.3) is 0 Å². The minimum Gasteiger partial charge on any atom is -0.497 e. The van der Waals surface area contributed by atoms with Gasteiger partial charge in [-0.1, -0.05) is 48.5 Å². The highest BCUT2D eigenvalue weighted by molar-refractivity contribution is 7.93. The van der Waals surface area contributed by atoms with Crippen LogP contribution in [0.5, 0.6) is 11.8 Å². The lowest BCUT2D eigenvalue weighted by atomic mass is 9.79. The number of hydrogen-bond donors (Lipinski definition) is 1. The smallest absolute Gasteiger partial charge is 0.316 e. The topological polar surface area (TPSA) is 100 Å². The minimum atomic E-state index is -3.91. The predicted octanol–water partition coefficient (Wildman–Crippen LogP) is 5.48. The largest absolute Gasteiger partial charge is 0.497 e. The van der Waals surface area contributed by atoms with Crippen molar-refractivity contribution in [3.63, 3.8) is 0 Å². The maximum absolute atomic E-state index is 14.3. The molecule has 0 amide bonds. The van der Waals surface area contributed by atoms with E-state index in [1.165, 1.54) is 35.8 Å². The third kappa shape index (κ3) is 7.35. The number of aromatic nitrogens is 2. The summed E-state index contributed by atoms with van der Waals surface area (Å²) in [5.74, 6) is 0.631. The van der Waals surface area contributed by atoms with Gasteiger partial charge >= 0.3 is 6.01 Å². The van der Waals surface area contributed by atoms with E-state index in [9.17, 15) is 8.42 Å². The fraction of sp³-hybridized carbons (Fsp3) is 0.450. The molecule has 0 aliphatic carbocycles. The Kier molecular flexibility index (Phi) is 10.6. The average Bonchev–Trinajstić information content (AvgIpc) is 3.82. The van der Waals surface area contributed by atoms with Gasteiger partial charge in [-0.15, -0.1) is 0 Å². The molecule has 11 heteroatoms. The Morgan fingerprint density at radius 1 is 0.922 bits per heavy atom. The van der Waals surface area contributed by atoms with Crippen LogP contribution < -0.4 is 19.1 Å². The second-order valence-corrected chi connectivity index (χ2v) is 15.9. The molecule has 2 fully saturated rings. The number of anilines is 1. The number of nitrogens with zero attached hydrogens (tertiary/aromatic N) is 5. The number of para-hydroxylation sites is 1. The maximum atomic E-state index is 14.3. The van der Waals surface area contributed by atoms with Crippen molar-refractivity contribution >= 4 is 15.7 Å². The van der Waals surface area contributed by atoms with E-state index in [-0.39, 0.29) is 18.2 Å². The summed E-state index contributed by atoms with van der Waals surface area (Å²) in [6.45, 7) is 10.8. The number of benzene rings is 3. The Bertz CT molecular complexity index is 1890. The molecule has 1 aromatic heterocycles. The van der Waals surface area contributed by atoms with E-state index in [1.54, 1.807) is 25.4 Å². The molecule has 0 unspecified atom stereocenters. The first kappa shape index (κ1) is 35.4. The maximum Gasteiger partial charge on any atom is 0.316 e. The Morgan fingerprint density at radius 3 is 2.35 bits per heavy atom. The van der Waals surface area contributed by atoms with Crippen molar-refractivity contribution in [1.29, 1.82) is 0 Å². The molecule has 51 heavy (non-hydrogen) atoms. The predicted molar refractivity (Wildman–Crippen MR) is 200 cm³/mol. The summed E-state index contributed by atoms with van der Waals surface area (Å²) < 4.78 is 41.7. The van der Waals surface area contributed by atoms with Gasteiger partial charge in [0.05, 0.1) is 29.4 Å². The summed E-state index contributed by atoms with van der Waals surface area (Å²) in [6, 6.07) is 24.0. The Morgan fingerprint density at radius 2 is 1.63 bits per heavy atom. The highest BCUT2D eigenvalue weighted by Crippen LogP contribution is 2.41. The van der Waals surface area contributed by atoms with Crippen LogP contribution in [-0.4, -0.2) is 87.2 Å². The van der Waals surface area contributed by atoms with Gasteiger partial charge in [0.25, 0.3) is 10.0 Å². The van der Waals surface area contributed by atoms with Gasteiger partial charge in [-0.05, 0) is 106 Å². The van der Waals surface area contributed by atoms with E-state index in [1.807, 2.05) is 44.2 Å². The van der Waals surface area contributed by atoms with Gasteiger partial charge in [-0.25, -0.2) is 13.4 Å². The first-order valence-electron chi connectivity index (χ1n) is 18.2. The molecule has 4 heterocycles. The molecular formula is C40H50N6O4S. The zero-order valence-corrected chi connectivity index (χ0v) is 30.9. The van der Waals surface area contributed by atoms with Crippen LogP contribution in [0, 0.1) is 13.8 Å². The quantitative estimate of drug-likeness (QED) is 0.181. The number of piperidine rings is 1. The second-order valence-electron chi connectivity index (χ2n) is 14.1. The average molecular weight is 711 g/mol. The van der Waals surface area contributed by atoms with Crippen molar-refractivity contribution in [2.45, 2.75) is 69.0 Å². The number of methoxy groups -OCH3 is 1. The van der Waals surface area contributed by atoms with Crippen LogP contribution in [0.4, 0.5) is 5.69 Å². The van der Waals surface area contributed by atoms with Crippen LogP contribution in [0.2, 0.25) is 0 Å². The molecule has 3 aromatic carbocycles. The fourth-order valence-corrected chi connectivity index (χ4v) is 10.5. The molecule has 3 aliphatic rings. The summed E-state index contributed by atoms with van der Waals surface area (Å²) in [5.41, 5.74) is 5.39. The molecule has 270 valence electrons. The van der Waals surface area contributed by atoms with Crippen LogP contribution in [0.1, 0.15) is 53.6 Å². The van der Waals surface area contributed by atoms with Gasteiger partial charge < -0.3 is 19.7 Å². The van der Waals surface area contributed by atoms with E-state index in [2.05, 4.69) is 55.4 Å². The highest BCUT2D eigenvalue weighted by Gasteiger charge is 2.42. The molecule has 2 saturated heterocycles. The van der Waals surface area contributed by atoms with E-state index < -0.39 is 16.1 Å². The van der Waals surface area contributed by atoms with Crippen LogP contribution in [-0.2, 0) is 28.5 Å². The number of aryl methyl sites for hydroxylation is 2. The van der Waals surface area contributed by atoms with Crippen molar-refractivity contribution < 1.29 is 17.9 Å². The SMILES string of the molecule is COc1cc(C)c(S(=O)(=O)N2c3ccccc3C[C@H]2COc2nccc(CNCCN3CCC(c4ccccc4)(N4CCCC4)CC3)n2)c(C)c1. The lowest BCUT2D eigenvalue weighted by Crippen LogP contribution is -2.53. The lowest BCUT2D eigenvalue weighted by molar-refractivity contribution is 0.0345. The van der Waals surface area contributed by atoms with Crippen LogP contribution >= 0.6 is 0 Å². The first-order chi connectivity index (χ1) is 24.8. The number of fused-ring (bicyclic) bond motifs is 1. The molecule has 7 rings (SSSR count). The van der Waals surface area contributed by atoms with E-state index in [0.717, 1.165) is 50.3 Å². The number of nitrogens with one attached hydrogen (secondary N) is 1. The highest BCUT2D eigenvalue weighted by atomic mass is 32.2. The number of sulfonamides is 1. The number of likely N-dealkylation sites (tertiary alicyclic amines) is 2. The van der Waals surface area contributed by atoms with Crippen molar-refractivity contribution in [3.05, 3.63) is 107 Å². The van der Waals surface area contributed by atoms with Crippen molar-refractivity contribution in [2.75, 3.05) is 57.3 Å². The molecule has 0 saturated carbocycles. The number of rotatable bonds is 13. The Balaban J connectivity index is 0.946. The van der Waals surface area contributed by atoms with Gasteiger partial charge in [-0.3, -0.25) is 9.21 Å². The monoisotopic (exact) mass is 710 g/mol. The third-order valence-corrected chi connectivity index (χ3v) is 13.1. The van der Waals surface area contributed by atoms with Crippen LogP contribution in [0.15, 0.2) is 83.9 Å². The van der Waals surface area contributed by atoms with E-state index in [4.69, 9.17) is 9.47 Å². The number of hydrogen-bond acceptors (Lipinski definition) is 9. The van der Waals surface area contributed by atoms with E-state index >= 15 is 0 Å². The molecule has 0 bridgehead atoms. The summed E-state index contributed by atoms with van der Waals surface area (Å²) in [4.78, 5) is 14.6. The van der Waals surface area contributed by atoms with Gasteiger partial charge in [0.2, 0.25) is 0 Å². The molecule has 0 spiro atoms. The lowest BCUT2D eigenvalue weighted by Gasteiger charge is -2.48. The second kappa shape index (κ2) is 15.3. The van der Waals surface area contributed by atoms with Crippen molar-refractivity contribution in [2.24, 2.45) is 0 Å². The van der Waals surface area contributed by atoms with Crippen molar-refractivity contribution in [3.8, 4) is 11.8 Å². The summed E-state index contributed by atoms with van der Waals surface area (Å²) >= 11 is 0. The zero-order chi connectivity index (χ0) is 35.4. The molecule has 10 nitrogen and oxygen atoms in total. The molecule has 1 atom stereocenters. The standard InChI is InChI=1S/C40H50N6O4S/c1-30-25-36(49-3)26-31(2)38(30)51(47,48)46-35(27-32-11-7-8-14-37(32)46)29-50-39-42-18-15-34(43-39)28-41-19-24-44-22-16-40(17-23-44,45-20-9-10-21-45)33-12-5-4-6-13-33/h4-8,11-15,18,25-26,35,41H,9-10,16-17,19-24,27-29H2,1-3H3/t35-/m0/s1. The van der Waals surface area contributed by atoms with Gasteiger partial charge in [0.15, 0.2) is 0 Å². The molecular weight excluding hydrogens is 661 g/mol. The molecule has 4 aromatic rings.